The highest BCUT2D eigenvalue weighted by molar-refractivity contribution is 7.91. The molecule has 1 fully saturated rings. The van der Waals surface area contributed by atoms with Crippen LogP contribution in [0.4, 0.5) is 0 Å². The van der Waals surface area contributed by atoms with Crippen LogP contribution in [0.15, 0.2) is 0 Å². The molecular weight excluding hydrogens is 224 g/mol. The maximum absolute atomic E-state index is 11.3. The number of rotatable bonds is 5. The largest absolute Gasteiger partial charge is 0.302 e. The second-order valence-electron chi connectivity index (χ2n) is 4.36. The van der Waals surface area contributed by atoms with E-state index in [-0.39, 0.29) is 17.4 Å². The van der Waals surface area contributed by atoms with Crippen LogP contribution in [0.3, 0.4) is 0 Å². The Balaban J connectivity index is 2.26. The molecule has 0 saturated carbocycles. The number of likely N-dealkylation sites (tertiary alicyclic amines) is 1. The minimum Gasteiger partial charge on any atom is -0.302 e. The lowest BCUT2D eigenvalue weighted by molar-refractivity contribution is 0.200. The first kappa shape index (κ1) is 13.5. The number of hydrogen-bond donors (Lipinski definition) is 0. The number of nitrogens with zero attached hydrogens (tertiary/aromatic N) is 2. The molecular formula is C11H20N2O2S. The lowest BCUT2D eigenvalue weighted by atomic mass is 10.00. The van der Waals surface area contributed by atoms with Crippen LogP contribution in [0, 0.1) is 17.2 Å². The topological polar surface area (TPSA) is 61.2 Å². The Hall–Kier alpha value is -0.600. The van der Waals surface area contributed by atoms with Gasteiger partial charge < -0.3 is 4.90 Å². The number of nitriles is 1. The smallest absolute Gasteiger partial charge is 0.150 e. The maximum Gasteiger partial charge on any atom is 0.150 e. The van der Waals surface area contributed by atoms with Gasteiger partial charge in [0.15, 0.2) is 0 Å². The Kier molecular flexibility index (Phi) is 5.23. The molecule has 0 aromatic rings. The van der Waals surface area contributed by atoms with E-state index in [2.05, 4.69) is 11.0 Å². The van der Waals surface area contributed by atoms with Gasteiger partial charge in [-0.1, -0.05) is 6.92 Å². The molecule has 1 aliphatic heterocycles. The minimum absolute atomic E-state index is 0.136. The molecule has 0 bridgehead atoms. The third-order valence-corrected chi connectivity index (χ3v) is 4.85. The zero-order valence-corrected chi connectivity index (χ0v) is 10.7. The van der Waals surface area contributed by atoms with Crippen molar-refractivity contribution in [2.45, 2.75) is 26.2 Å². The molecule has 1 heterocycles. The third-order valence-electron chi connectivity index (χ3n) is 3.06. The monoisotopic (exact) mass is 244 g/mol. The summed E-state index contributed by atoms with van der Waals surface area (Å²) in [6.07, 6.45) is 2.73. The molecule has 92 valence electrons. The molecule has 1 aliphatic rings. The van der Waals surface area contributed by atoms with Crippen molar-refractivity contribution in [3.63, 3.8) is 0 Å². The fourth-order valence-corrected chi connectivity index (χ4v) is 2.87. The summed E-state index contributed by atoms with van der Waals surface area (Å²) in [5.41, 5.74) is 0. The summed E-state index contributed by atoms with van der Waals surface area (Å²) in [7, 11) is -2.83. The summed E-state index contributed by atoms with van der Waals surface area (Å²) < 4.78 is 22.6. The normalized spacial score (nSPS) is 22.9. The SMILES string of the molecule is CCS(=O)(=O)CCCN1CCCC(C#N)C1. The summed E-state index contributed by atoms with van der Waals surface area (Å²) in [4.78, 5) is 2.21. The van der Waals surface area contributed by atoms with E-state index < -0.39 is 9.84 Å². The zero-order valence-electron chi connectivity index (χ0n) is 9.85. The number of sulfone groups is 1. The van der Waals surface area contributed by atoms with Gasteiger partial charge in [0.2, 0.25) is 0 Å². The highest BCUT2D eigenvalue weighted by Crippen LogP contribution is 2.15. The van der Waals surface area contributed by atoms with Gasteiger partial charge in [0.1, 0.15) is 9.84 Å². The average molecular weight is 244 g/mol. The Bertz CT molecular complexity index is 345. The lowest BCUT2D eigenvalue weighted by Gasteiger charge is -2.29. The molecule has 1 saturated heterocycles. The van der Waals surface area contributed by atoms with Crippen molar-refractivity contribution >= 4 is 9.84 Å². The summed E-state index contributed by atoms with van der Waals surface area (Å²) in [6, 6.07) is 2.29. The zero-order chi connectivity index (χ0) is 12.0. The summed E-state index contributed by atoms with van der Waals surface area (Å²) in [5.74, 6) is 0.641. The quantitative estimate of drug-likeness (QED) is 0.725. The Labute approximate surface area is 98.2 Å². The summed E-state index contributed by atoms with van der Waals surface area (Å²) >= 11 is 0. The van der Waals surface area contributed by atoms with Crippen molar-refractivity contribution in [1.29, 1.82) is 5.26 Å². The van der Waals surface area contributed by atoms with E-state index in [1.54, 1.807) is 6.92 Å². The molecule has 0 spiro atoms. The molecule has 0 aliphatic carbocycles. The van der Waals surface area contributed by atoms with Gasteiger partial charge in [-0.2, -0.15) is 5.26 Å². The van der Waals surface area contributed by atoms with E-state index in [1.165, 1.54) is 0 Å². The maximum atomic E-state index is 11.3. The van der Waals surface area contributed by atoms with Gasteiger partial charge in [0.05, 0.1) is 17.7 Å². The predicted molar refractivity (Wildman–Crippen MR) is 63.7 cm³/mol. The number of piperidine rings is 1. The van der Waals surface area contributed by atoms with E-state index in [9.17, 15) is 8.42 Å². The van der Waals surface area contributed by atoms with Crippen molar-refractivity contribution in [2.24, 2.45) is 5.92 Å². The highest BCUT2D eigenvalue weighted by atomic mass is 32.2. The van der Waals surface area contributed by atoms with Crippen LogP contribution in [0.1, 0.15) is 26.2 Å². The lowest BCUT2D eigenvalue weighted by Crippen LogP contribution is -2.36. The predicted octanol–water partition coefficient (Wildman–Crippen LogP) is 1.05. The first-order valence-electron chi connectivity index (χ1n) is 5.90. The second kappa shape index (κ2) is 6.21. The fourth-order valence-electron chi connectivity index (χ4n) is 2.02. The van der Waals surface area contributed by atoms with Gasteiger partial charge in [-0.25, -0.2) is 8.42 Å². The molecule has 0 radical (unpaired) electrons. The van der Waals surface area contributed by atoms with Gasteiger partial charge in [-0.05, 0) is 32.4 Å². The van der Waals surface area contributed by atoms with Gasteiger partial charge in [0.25, 0.3) is 0 Å². The Morgan fingerprint density at radius 1 is 1.50 bits per heavy atom. The standard InChI is InChI=1S/C11H20N2O2S/c1-2-16(14,15)8-4-7-13-6-3-5-11(9-12)10-13/h11H,2-8,10H2,1H3. The second-order valence-corrected chi connectivity index (χ2v) is 6.83. The van der Waals surface area contributed by atoms with Crippen molar-refractivity contribution in [3.05, 3.63) is 0 Å². The van der Waals surface area contributed by atoms with E-state index in [1.807, 2.05) is 0 Å². The first-order valence-corrected chi connectivity index (χ1v) is 7.72. The molecule has 0 N–H and O–H groups in total. The van der Waals surface area contributed by atoms with E-state index in [4.69, 9.17) is 5.26 Å². The summed E-state index contributed by atoms with van der Waals surface area (Å²) in [6.45, 7) is 4.30. The Morgan fingerprint density at radius 2 is 2.25 bits per heavy atom. The molecule has 5 heteroatoms. The molecule has 0 aromatic heterocycles. The van der Waals surface area contributed by atoms with Crippen LogP contribution in [0.2, 0.25) is 0 Å². The van der Waals surface area contributed by atoms with Crippen molar-refractivity contribution in [3.8, 4) is 6.07 Å². The highest BCUT2D eigenvalue weighted by Gasteiger charge is 2.19. The van der Waals surface area contributed by atoms with Crippen molar-refractivity contribution < 1.29 is 8.42 Å². The van der Waals surface area contributed by atoms with Crippen LogP contribution in [0.25, 0.3) is 0 Å². The molecule has 0 amide bonds. The van der Waals surface area contributed by atoms with Crippen LogP contribution in [-0.4, -0.2) is 44.5 Å². The first-order chi connectivity index (χ1) is 7.57. The van der Waals surface area contributed by atoms with Crippen LogP contribution < -0.4 is 0 Å². The minimum atomic E-state index is -2.83. The molecule has 4 nitrogen and oxygen atoms in total. The molecule has 1 atom stereocenters. The molecule has 0 aromatic carbocycles. The van der Waals surface area contributed by atoms with E-state index in [0.29, 0.717) is 6.42 Å². The molecule has 1 unspecified atom stereocenters. The van der Waals surface area contributed by atoms with Crippen molar-refractivity contribution in [2.75, 3.05) is 31.1 Å². The fraction of sp³-hybridized carbons (Fsp3) is 0.909. The van der Waals surface area contributed by atoms with Gasteiger partial charge in [-0.3, -0.25) is 0 Å². The van der Waals surface area contributed by atoms with Crippen LogP contribution in [-0.2, 0) is 9.84 Å². The van der Waals surface area contributed by atoms with E-state index in [0.717, 1.165) is 32.5 Å². The van der Waals surface area contributed by atoms with Gasteiger partial charge in [-0.15, -0.1) is 0 Å². The third kappa shape index (κ3) is 4.50. The molecule has 16 heavy (non-hydrogen) atoms. The molecule has 1 rings (SSSR count). The van der Waals surface area contributed by atoms with Crippen LogP contribution in [0.5, 0.6) is 0 Å². The van der Waals surface area contributed by atoms with E-state index >= 15 is 0 Å². The van der Waals surface area contributed by atoms with Gasteiger partial charge >= 0.3 is 0 Å². The Morgan fingerprint density at radius 3 is 2.88 bits per heavy atom. The van der Waals surface area contributed by atoms with Gasteiger partial charge in [0, 0.05) is 12.3 Å². The average Bonchev–Trinajstić information content (AvgIpc) is 2.29. The number of hydrogen-bond acceptors (Lipinski definition) is 4. The van der Waals surface area contributed by atoms with Crippen LogP contribution >= 0.6 is 0 Å². The van der Waals surface area contributed by atoms with Crippen molar-refractivity contribution in [1.82, 2.24) is 4.90 Å². The summed E-state index contributed by atoms with van der Waals surface area (Å²) in [5, 5.41) is 8.83.